The fourth-order valence-corrected chi connectivity index (χ4v) is 4.64. The number of fused-ring (bicyclic) bond motifs is 1. The lowest BCUT2D eigenvalue weighted by molar-refractivity contribution is -0.127. The molecule has 2 aromatic rings. The zero-order chi connectivity index (χ0) is 22.8. The summed E-state index contributed by atoms with van der Waals surface area (Å²) in [5, 5.41) is 16.4. The summed E-state index contributed by atoms with van der Waals surface area (Å²) in [6, 6.07) is 6.40. The number of H-pyrrole nitrogens is 1. The first-order chi connectivity index (χ1) is 15.4. The van der Waals surface area contributed by atoms with Crippen LogP contribution in [0.5, 0.6) is 0 Å². The molecule has 3 N–H and O–H groups in total. The van der Waals surface area contributed by atoms with Crippen LogP contribution >= 0.6 is 23.2 Å². The topological polar surface area (TPSA) is 115 Å². The fourth-order valence-electron chi connectivity index (χ4n) is 4.25. The molecule has 2 fully saturated rings. The summed E-state index contributed by atoms with van der Waals surface area (Å²) in [5.41, 5.74) is 1.07. The van der Waals surface area contributed by atoms with E-state index >= 15 is 0 Å². The Labute approximate surface area is 195 Å². The standard InChI is InChI=1S/C23H24Cl2N4O3/c24-17-3-4-18-16(21(17)25)10-19(29-18)20(30)9-14(7-12-1-2-12)23(32)28-15(11-26)8-13-5-6-27-22(13)31/h3-4,10,12-15,29H,1-2,5-9H2,(H,27,31)(H,28,32). The molecular weight excluding hydrogens is 451 g/mol. The van der Waals surface area contributed by atoms with Crippen LogP contribution in [0.3, 0.4) is 0 Å². The van der Waals surface area contributed by atoms with Gasteiger partial charge in [0.2, 0.25) is 11.8 Å². The van der Waals surface area contributed by atoms with Crippen molar-refractivity contribution in [2.24, 2.45) is 17.8 Å². The Morgan fingerprint density at radius 3 is 2.66 bits per heavy atom. The first-order valence-electron chi connectivity index (χ1n) is 10.8. The molecule has 4 rings (SSSR count). The number of nitrogens with one attached hydrogen (secondary N) is 3. The van der Waals surface area contributed by atoms with Gasteiger partial charge in [-0.3, -0.25) is 14.4 Å². The summed E-state index contributed by atoms with van der Waals surface area (Å²) in [6.45, 7) is 0.591. The molecule has 2 amide bonds. The van der Waals surface area contributed by atoms with Crippen LogP contribution in [0.15, 0.2) is 18.2 Å². The number of Topliss-reactive ketones (excluding diaryl/α,β-unsaturated/α-hetero) is 1. The third-order valence-corrected chi connectivity index (χ3v) is 7.08. The average Bonchev–Trinajstić information content (AvgIpc) is 3.33. The molecule has 2 heterocycles. The molecule has 1 saturated heterocycles. The number of aromatic nitrogens is 1. The highest BCUT2D eigenvalue weighted by Crippen LogP contribution is 2.37. The lowest BCUT2D eigenvalue weighted by Gasteiger charge is -2.19. The van der Waals surface area contributed by atoms with Crippen LogP contribution < -0.4 is 10.6 Å². The maximum absolute atomic E-state index is 13.0. The molecule has 1 aromatic heterocycles. The second-order valence-corrected chi connectivity index (χ2v) is 9.50. The number of amides is 2. The Hall–Kier alpha value is -2.56. The second kappa shape index (κ2) is 9.51. The van der Waals surface area contributed by atoms with E-state index in [4.69, 9.17) is 23.2 Å². The Bertz CT molecular complexity index is 1100. The minimum absolute atomic E-state index is 0.0303. The molecule has 32 heavy (non-hydrogen) atoms. The van der Waals surface area contributed by atoms with E-state index in [1.54, 1.807) is 18.2 Å². The smallest absolute Gasteiger partial charge is 0.224 e. The third-order valence-electron chi connectivity index (χ3n) is 6.26. The monoisotopic (exact) mass is 474 g/mol. The molecule has 0 spiro atoms. The van der Waals surface area contributed by atoms with Gasteiger partial charge < -0.3 is 15.6 Å². The minimum atomic E-state index is -0.762. The predicted octanol–water partition coefficient (Wildman–Crippen LogP) is 4.00. The van der Waals surface area contributed by atoms with Gasteiger partial charge in [0.25, 0.3) is 0 Å². The molecule has 1 saturated carbocycles. The van der Waals surface area contributed by atoms with Crippen molar-refractivity contribution in [2.45, 2.75) is 44.6 Å². The molecule has 168 valence electrons. The van der Waals surface area contributed by atoms with E-state index in [-0.39, 0.29) is 36.4 Å². The van der Waals surface area contributed by atoms with Crippen molar-refractivity contribution >= 4 is 51.7 Å². The predicted molar refractivity (Wildman–Crippen MR) is 121 cm³/mol. The van der Waals surface area contributed by atoms with Crippen LogP contribution in [-0.2, 0) is 9.59 Å². The van der Waals surface area contributed by atoms with E-state index in [2.05, 4.69) is 21.7 Å². The Morgan fingerprint density at radius 1 is 1.22 bits per heavy atom. The zero-order valence-corrected chi connectivity index (χ0v) is 18.9. The molecule has 0 bridgehead atoms. The minimum Gasteiger partial charge on any atom is -0.356 e. The molecule has 3 unspecified atom stereocenters. The molecule has 7 nitrogen and oxygen atoms in total. The van der Waals surface area contributed by atoms with Crippen molar-refractivity contribution in [3.8, 4) is 6.07 Å². The Balaban J connectivity index is 1.45. The van der Waals surface area contributed by atoms with Crippen LogP contribution in [0.4, 0.5) is 0 Å². The van der Waals surface area contributed by atoms with Crippen LogP contribution in [0, 0.1) is 29.1 Å². The number of halogens is 2. The van der Waals surface area contributed by atoms with Gasteiger partial charge in [0, 0.05) is 35.7 Å². The summed E-state index contributed by atoms with van der Waals surface area (Å²) in [4.78, 5) is 40.9. The first-order valence-corrected chi connectivity index (χ1v) is 11.6. The van der Waals surface area contributed by atoms with Gasteiger partial charge in [-0.2, -0.15) is 5.26 Å². The highest BCUT2D eigenvalue weighted by molar-refractivity contribution is 6.45. The maximum atomic E-state index is 13.0. The largest absolute Gasteiger partial charge is 0.356 e. The summed E-state index contributed by atoms with van der Waals surface area (Å²) in [6.07, 6.45) is 3.66. The van der Waals surface area contributed by atoms with Crippen molar-refractivity contribution in [2.75, 3.05) is 6.54 Å². The van der Waals surface area contributed by atoms with Gasteiger partial charge >= 0.3 is 0 Å². The zero-order valence-electron chi connectivity index (χ0n) is 17.4. The summed E-state index contributed by atoms with van der Waals surface area (Å²) in [5.74, 6) is -0.970. The number of carbonyl (C=O) groups is 3. The number of rotatable bonds is 9. The third kappa shape index (κ3) is 5.08. The molecule has 2 aliphatic rings. The molecule has 3 atom stereocenters. The molecule has 1 aliphatic heterocycles. The number of nitriles is 1. The van der Waals surface area contributed by atoms with E-state index in [1.807, 2.05) is 0 Å². The lowest BCUT2D eigenvalue weighted by Crippen LogP contribution is -2.40. The highest BCUT2D eigenvalue weighted by atomic mass is 35.5. The number of benzene rings is 1. The van der Waals surface area contributed by atoms with Crippen LogP contribution in [-0.4, -0.2) is 35.2 Å². The number of hydrogen-bond acceptors (Lipinski definition) is 4. The number of ketones is 1. The molecule has 1 aliphatic carbocycles. The van der Waals surface area contributed by atoms with Gasteiger partial charge in [0.1, 0.15) is 6.04 Å². The van der Waals surface area contributed by atoms with Crippen molar-refractivity contribution < 1.29 is 14.4 Å². The summed E-state index contributed by atoms with van der Waals surface area (Å²) >= 11 is 12.3. The van der Waals surface area contributed by atoms with Gasteiger partial charge in [0.05, 0.1) is 21.8 Å². The summed E-state index contributed by atoms with van der Waals surface area (Å²) < 4.78 is 0. The number of aromatic amines is 1. The Morgan fingerprint density at radius 2 is 2.00 bits per heavy atom. The molecule has 0 radical (unpaired) electrons. The first kappa shape index (κ1) is 22.6. The van der Waals surface area contributed by atoms with Crippen LogP contribution in [0.25, 0.3) is 10.9 Å². The SMILES string of the molecule is N#CC(CC1CCNC1=O)NC(=O)C(CC(=O)c1cc2c(Cl)c(Cl)ccc2[nH]1)CC1CC1. The molecule has 9 heteroatoms. The average molecular weight is 475 g/mol. The highest BCUT2D eigenvalue weighted by Gasteiger charge is 2.33. The van der Waals surface area contributed by atoms with Gasteiger partial charge in [-0.1, -0.05) is 36.0 Å². The van der Waals surface area contributed by atoms with Gasteiger partial charge in [-0.05, 0) is 43.4 Å². The van der Waals surface area contributed by atoms with Gasteiger partial charge in [0.15, 0.2) is 5.78 Å². The van der Waals surface area contributed by atoms with E-state index in [0.717, 1.165) is 12.8 Å². The van der Waals surface area contributed by atoms with Crippen molar-refractivity contribution in [1.29, 1.82) is 5.26 Å². The number of nitrogens with zero attached hydrogens (tertiary/aromatic N) is 1. The number of hydrogen-bond donors (Lipinski definition) is 3. The van der Waals surface area contributed by atoms with E-state index in [1.165, 1.54) is 0 Å². The number of carbonyl (C=O) groups excluding carboxylic acids is 3. The van der Waals surface area contributed by atoms with Gasteiger partial charge in [-0.25, -0.2) is 0 Å². The quantitative estimate of drug-likeness (QED) is 0.476. The van der Waals surface area contributed by atoms with Crippen LogP contribution in [0.2, 0.25) is 10.0 Å². The molecular formula is C23H24Cl2N4O3. The summed E-state index contributed by atoms with van der Waals surface area (Å²) in [7, 11) is 0. The Kier molecular flexibility index (Phi) is 6.73. The van der Waals surface area contributed by atoms with Crippen molar-refractivity contribution in [1.82, 2.24) is 15.6 Å². The normalized spacial score (nSPS) is 19.9. The fraction of sp³-hybridized carbons (Fsp3) is 0.478. The van der Waals surface area contributed by atoms with E-state index in [9.17, 15) is 19.6 Å². The maximum Gasteiger partial charge on any atom is 0.224 e. The van der Waals surface area contributed by atoms with Crippen molar-refractivity contribution in [3.05, 3.63) is 33.9 Å². The van der Waals surface area contributed by atoms with E-state index in [0.29, 0.717) is 51.9 Å². The van der Waals surface area contributed by atoms with Crippen molar-refractivity contribution in [3.63, 3.8) is 0 Å². The lowest BCUT2D eigenvalue weighted by atomic mass is 9.93. The van der Waals surface area contributed by atoms with E-state index < -0.39 is 12.0 Å². The van der Waals surface area contributed by atoms with Gasteiger partial charge in [-0.15, -0.1) is 0 Å². The molecule has 1 aromatic carbocycles. The second-order valence-electron chi connectivity index (χ2n) is 8.71. The van der Waals surface area contributed by atoms with Crippen LogP contribution in [0.1, 0.15) is 49.0 Å².